The second-order valence-corrected chi connectivity index (χ2v) is 4.32. The minimum absolute atomic E-state index is 0.198. The molecule has 0 radical (unpaired) electrons. The first-order valence-corrected chi connectivity index (χ1v) is 4.87. The van der Waals surface area contributed by atoms with Crippen LogP contribution in [-0.2, 0) is 0 Å². The van der Waals surface area contributed by atoms with Crippen molar-refractivity contribution in [1.82, 2.24) is 0 Å². The second kappa shape index (κ2) is 4.99. The van der Waals surface area contributed by atoms with E-state index in [9.17, 15) is 0 Å². The van der Waals surface area contributed by atoms with E-state index < -0.39 is 0 Å². The molecule has 0 heterocycles. The number of allylic oxidation sites excluding steroid dienone is 2. The zero-order valence-corrected chi connectivity index (χ0v) is 9.67. The molecule has 2 heteroatoms. The Morgan fingerprint density at radius 1 is 1.57 bits per heavy atom. The van der Waals surface area contributed by atoms with E-state index in [0.717, 1.165) is 17.7 Å². The Morgan fingerprint density at radius 3 is 2.36 bits per heavy atom. The number of nitrogens with zero attached hydrogens (tertiary/aromatic N) is 1. The second-order valence-electron chi connectivity index (χ2n) is 4.32. The van der Waals surface area contributed by atoms with Gasteiger partial charge in [0.2, 0.25) is 0 Å². The van der Waals surface area contributed by atoms with Crippen molar-refractivity contribution in [2.24, 2.45) is 16.5 Å². The van der Waals surface area contributed by atoms with E-state index in [2.05, 4.69) is 18.3 Å². The quantitative estimate of drug-likeness (QED) is 0.309. The maximum absolute atomic E-state index is 9.02. The Labute approximate surface area is 87.0 Å². The molecule has 0 saturated heterocycles. The summed E-state index contributed by atoms with van der Waals surface area (Å²) >= 11 is 0. The normalized spacial score (nSPS) is 15.0. The van der Waals surface area contributed by atoms with Gasteiger partial charge in [-0.15, -0.1) is 6.58 Å². The molecule has 0 fully saturated rings. The molecule has 1 N–H and O–H groups in total. The van der Waals surface area contributed by atoms with Crippen molar-refractivity contribution in [3.63, 3.8) is 0 Å². The summed E-state index contributed by atoms with van der Waals surface area (Å²) in [6.07, 6.45) is 2.65. The zero-order valence-electron chi connectivity index (χ0n) is 9.67. The molecule has 0 aliphatic carbocycles. The van der Waals surface area contributed by atoms with E-state index in [0.29, 0.717) is 0 Å². The van der Waals surface area contributed by atoms with Gasteiger partial charge in [-0.3, -0.25) is 0 Å². The number of rotatable bonds is 5. The predicted octanol–water partition coefficient (Wildman–Crippen LogP) is 3.63. The van der Waals surface area contributed by atoms with E-state index in [4.69, 9.17) is 5.21 Å². The van der Waals surface area contributed by atoms with Gasteiger partial charge in [0.1, 0.15) is 0 Å². The number of hydrogen-bond donors (Lipinski definition) is 1. The molecule has 1 atom stereocenters. The third-order valence-electron chi connectivity index (χ3n) is 2.80. The summed E-state index contributed by atoms with van der Waals surface area (Å²) in [5.41, 5.74) is 1.52. The van der Waals surface area contributed by atoms with Gasteiger partial charge in [0.25, 0.3) is 0 Å². The molecule has 0 bridgehead atoms. The lowest BCUT2D eigenvalue weighted by Gasteiger charge is -2.29. The smallest absolute Gasteiger partial charge is 0.0698 e. The van der Waals surface area contributed by atoms with Crippen LogP contribution in [-0.4, -0.2) is 10.9 Å². The van der Waals surface area contributed by atoms with Crippen LogP contribution in [0.15, 0.2) is 30.0 Å². The molecule has 0 aromatic heterocycles. The first-order chi connectivity index (χ1) is 6.37. The highest BCUT2D eigenvalue weighted by Gasteiger charge is 2.29. The third-order valence-corrected chi connectivity index (χ3v) is 2.80. The van der Waals surface area contributed by atoms with Crippen LogP contribution in [0, 0.1) is 11.3 Å². The highest BCUT2D eigenvalue weighted by atomic mass is 16.4. The van der Waals surface area contributed by atoms with Gasteiger partial charge < -0.3 is 5.21 Å². The number of hydrogen-bond acceptors (Lipinski definition) is 2. The number of oxime groups is 1. The molecule has 0 aliphatic rings. The molecular formula is C12H21NO. The molecule has 2 nitrogen and oxygen atoms in total. The lowest BCUT2D eigenvalue weighted by molar-refractivity contribution is 0.306. The Bertz CT molecular complexity index is 251. The van der Waals surface area contributed by atoms with Crippen molar-refractivity contribution in [2.45, 2.75) is 34.1 Å². The summed E-state index contributed by atoms with van der Waals surface area (Å²) in [7, 11) is 0. The van der Waals surface area contributed by atoms with Gasteiger partial charge in [-0.1, -0.05) is 44.2 Å². The molecule has 0 rings (SSSR count). The van der Waals surface area contributed by atoms with E-state index in [-0.39, 0.29) is 11.3 Å². The Kier molecular flexibility index (Phi) is 4.61. The van der Waals surface area contributed by atoms with Crippen LogP contribution in [0.2, 0.25) is 0 Å². The lowest BCUT2D eigenvalue weighted by atomic mass is 9.75. The van der Waals surface area contributed by atoms with Crippen LogP contribution in [0.4, 0.5) is 0 Å². The van der Waals surface area contributed by atoms with Gasteiger partial charge in [-0.05, 0) is 13.3 Å². The lowest BCUT2D eigenvalue weighted by Crippen LogP contribution is -2.30. The molecule has 0 saturated carbocycles. The fourth-order valence-corrected chi connectivity index (χ4v) is 1.42. The van der Waals surface area contributed by atoms with Gasteiger partial charge in [0.15, 0.2) is 0 Å². The first kappa shape index (κ1) is 12.9. The molecule has 0 amide bonds. The molecule has 0 aliphatic heterocycles. The molecule has 80 valence electrons. The molecule has 0 aromatic carbocycles. The summed E-state index contributed by atoms with van der Waals surface area (Å²) in [5, 5.41) is 12.4. The molecule has 14 heavy (non-hydrogen) atoms. The topological polar surface area (TPSA) is 32.6 Å². The monoisotopic (exact) mass is 195 g/mol. The first-order valence-electron chi connectivity index (χ1n) is 4.87. The van der Waals surface area contributed by atoms with E-state index in [1.807, 2.05) is 33.8 Å². The van der Waals surface area contributed by atoms with Crippen LogP contribution in [0.1, 0.15) is 34.1 Å². The fourth-order valence-electron chi connectivity index (χ4n) is 1.42. The average molecular weight is 195 g/mol. The minimum Gasteiger partial charge on any atom is -0.411 e. The summed E-state index contributed by atoms with van der Waals surface area (Å²) < 4.78 is 0. The molecule has 0 spiro atoms. The summed E-state index contributed by atoms with van der Waals surface area (Å²) in [6, 6.07) is 0. The maximum Gasteiger partial charge on any atom is 0.0698 e. The van der Waals surface area contributed by atoms with Crippen LogP contribution >= 0.6 is 0 Å². The largest absolute Gasteiger partial charge is 0.411 e. The van der Waals surface area contributed by atoms with Crippen molar-refractivity contribution < 1.29 is 5.21 Å². The van der Waals surface area contributed by atoms with Gasteiger partial charge in [0, 0.05) is 11.3 Å². The molecule has 1 unspecified atom stereocenters. The maximum atomic E-state index is 9.02. The fraction of sp³-hybridized carbons (Fsp3) is 0.583. The Morgan fingerprint density at radius 2 is 2.07 bits per heavy atom. The van der Waals surface area contributed by atoms with E-state index in [1.165, 1.54) is 0 Å². The van der Waals surface area contributed by atoms with Crippen molar-refractivity contribution in [1.29, 1.82) is 0 Å². The van der Waals surface area contributed by atoms with Crippen molar-refractivity contribution in [3.05, 3.63) is 24.8 Å². The van der Waals surface area contributed by atoms with Gasteiger partial charge in [-0.2, -0.15) is 0 Å². The van der Waals surface area contributed by atoms with Crippen LogP contribution in [0.5, 0.6) is 0 Å². The van der Waals surface area contributed by atoms with Crippen molar-refractivity contribution >= 4 is 5.71 Å². The molecular weight excluding hydrogens is 174 g/mol. The SMILES string of the molecule is C=CCC(C)/C(=N/O)C(C)(C)C(=C)C. The summed E-state index contributed by atoms with van der Waals surface area (Å²) in [6.45, 7) is 15.6. The van der Waals surface area contributed by atoms with Gasteiger partial charge in [0.05, 0.1) is 5.71 Å². The van der Waals surface area contributed by atoms with Gasteiger partial charge >= 0.3 is 0 Å². The Balaban J connectivity index is 4.91. The van der Waals surface area contributed by atoms with Crippen molar-refractivity contribution in [2.75, 3.05) is 0 Å². The summed E-state index contributed by atoms with van der Waals surface area (Å²) in [5.74, 6) is 0.198. The van der Waals surface area contributed by atoms with Crippen molar-refractivity contribution in [3.8, 4) is 0 Å². The zero-order chi connectivity index (χ0) is 11.4. The van der Waals surface area contributed by atoms with Gasteiger partial charge in [-0.25, -0.2) is 0 Å². The highest BCUT2D eigenvalue weighted by molar-refractivity contribution is 5.93. The van der Waals surface area contributed by atoms with Crippen LogP contribution < -0.4 is 0 Å². The molecule has 0 aromatic rings. The van der Waals surface area contributed by atoms with Crippen LogP contribution in [0.3, 0.4) is 0 Å². The van der Waals surface area contributed by atoms with E-state index in [1.54, 1.807) is 0 Å². The van der Waals surface area contributed by atoms with E-state index >= 15 is 0 Å². The standard InChI is InChI=1S/C12H21NO/c1-7-8-10(4)11(13-14)12(5,6)9(2)3/h7,10,14H,1-2,8H2,3-6H3/b13-11-. The third kappa shape index (κ3) is 2.72. The minimum atomic E-state index is -0.253. The summed E-state index contributed by atoms with van der Waals surface area (Å²) in [4.78, 5) is 0. The predicted molar refractivity (Wildman–Crippen MR) is 61.8 cm³/mol. The Hall–Kier alpha value is -1.05. The highest BCUT2D eigenvalue weighted by Crippen LogP contribution is 2.31. The van der Waals surface area contributed by atoms with Crippen LogP contribution in [0.25, 0.3) is 0 Å². The average Bonchev–Trinajstić information content (AvgIpc) is 2.04.